The smallest absolute Gasteiger partial charge is 0.0770 e. The number of nitrogens with zero attached hydrogens (tertiary/aromatic N) is 2. The summed E-state index contributed by atoms with van der Waals surface area (Å²) in [6.45, 7) is 4.89. The summed E-state index contributed by atoms with van der Waals surface area (Å²) in [7, 11) is 6.09. The van der Waals surface area contributed by atoms with E-state index in [-0.39, 0.29) is 0 Å². The van der Waals surface area contributed by atoms with E-state index in [1.54, 1.807) is 0 Å². The highest BCUT2D eigenvalue weighted by molar-refractivity contribution is 6.32. The Morgan fingerprint density at radius 1 is 1.26 bits per heavy atom. The molecule has 0 saturated carbocycles. The number of nitrogens with one attached hydrogen (secondary N) is 1. The highest BCUT2D eigenvalue weighted by atomic mass is 35.5. The van der Waals surface area contributed by atoms with Crippen LogP contribution in [-0.2, 0) is 6.54 Å². The summed E-state index contributed by atoms with van der Waals surface area (Å²) in [4.78, 5) is 6.90. The van der Waals surface area contributed by atoms with E-state index in [2.05, 4.69) is 37.3 Å². The summed E-state index contributed by atoms with van der Waals surface area (Å²) in [6, 6.07) is 4.01. The van der Waals surface area contributed by atoms with Gasteiger partial charge in [0.25, 0.3) is 0 Å². The monoisotopic (exact) mass is 277 g/mol. The van der Waals surface area contributed by atoms with Crippen LogP contribution in [0.2, 0.25) is 5.02 Å². The summed E-state index contributed by atoms with van der Waals surface area (Å²) in [5.74, 6) is 0. The van der Waals surface area contributed by atoms with Gasteiger partial charge in [-0.05, 0) is 38.6 Å². The third kappa shape index (κ3) is 2.40. The lowest BCUT2D eigenvalue weighted by Crippen LogP contribution is -2.17. The van der Waals surface area contributed by atoms with Crippen molar-refractivity contribution in [1.29, 1.82) is 0 Å². The van der Waals surface area contributed by atoms with Gasteiger partial charge in [0.1, 0.15) is 0 Å². The molecule has 0 aliphatic rings. The maximum Gasteiger partial charge on any atom is 0.0770 e. The quantitative estimate of drug-likeness (QED) is 0.933. The molecule has 1 heterocycles. The number of rotatable bonds is 3. The van der Waals surface area contributed by atoms with Crippen LogP contribution >= 0.6 is 11.6 Å². The second kappa shape index (κ2) is 5.35. The third-order valence-electron chi connectivity index (χ3n) is 3.42. The average molecular weight is 278 g/mol. The van der Waals surface area contributed by atoms with Gasteiger partial charge in [0, 0.05) is 42.3 Å². The van der Waals surface area contributed by atoms with Crippen molar-refractivity contribution in [1.82, 2.24) is 10.3 Å². The van der Waals surface area contributed by atoms with Gasteiger partial charge in [0.2, 0.25) is 0 Å². The molecule has 0 amide bonds. The molecule has 2 aromatic rings. The number of pyridine rings is 1. The number of aromatic nitrogens is 1. The first-order valence-corrected chi connectivity index (χ1v) is 6.75. The number of fused-ring (bicyclic) bond motifs is 1. The third-order valence-corrected chi connectivity index (χ3v) is 3.83. The van der Waals surface area contributed by atoms with Crippen LogP contribution in [0.5, 0.6) is 0 Å². The first kappa shape index (κ1) is 14.1. The van der Waals surface area contributed by atoms with Gasteiger partial charge in [0.15, 0.2) is 0 Å². The Morgan fingerprint density at radius 3 is 2.53 bits per heavy atom. The first-order valence-electron chi connectivity index (χ1n) is 6.37. The van der Waals surface area contributed by atoms with Crippen molar-refractivity contribution in [2.45, 2.75) is 20.4 Å². The molecule has 4 heteroatoms. The molecule has 0 radical (unpaired) electrons. The molecule has 1 aromatic heterocycles. The lowest BCUT2D eigenvalue weighted by molar-refractivity contribution is 0.804. The minimum Gasteiger partial charge on any atom is -0.377 e. The summed E-state index contributed by atoms with van der Waals surface area (Å²) >= 11 is 6.21. The van der Waals surface area contributed by atoms with E-state index in [4.69, 9.17) is 16.6 Å². The van der Waals surface area contributed by atoms with Gasteiger partial charge in [-0.2, -0.15) is 0 Å². The van der Waals surface area contributed by atoms with E-state index in [0.717, 1.165) is 33.7 Å². The van der Waals surface area contributed by atoms with E-state index in [1.165, 1.54) is 11.3 Å². The number of halogens is 1. The molecule has 19 heavy (non-hydrogen) atoms. The van der Waals surface area contributed by atoms with Gasteiger partial charge >= 0.3 is 0 Å². The normalized spacial score (nSPS) is 11.1. The standard InChI is InChI=1S/C15H20ClN3/c1-9-13(16)7-6-11-14(9)18-10(2)12(8-17-3)15(11)19(4)5/h6-7,17H,8H2,1-5H3. The van der Waals surface area contributed by atoms with E-state index < -0.39 is 0 Å². The van der Waals surface area contributed by atoms with Gasteiger partial charge in [-0.3, -0.25) is 4.98 Å². The van der Waals surface area contributed by atoms with Crippen LogP contribution in [0.15, 0.2) is 12.1 Å². The molecule has 0 bridgehead atoms. The van der Waals surface area contributed by atoms with Crippen molar-refractivity contribution in [3.8, 4) is 0 Å². The second-order valence-electron chi connectivity index (χ2n) is 5.02. The molecule has 2 rings (SSSR count). The number of hydrogen-bond acceptors (Lipinski definition) is 3. The highest BCUT2D eigenvalue weighted by Gasteiger charge is 2.15. The lowest BCUT2D eigenvalue weighted by atomic mass is 10.0. The summed E-state index contributed by atoms with van der Waals surface area (Å²) in [6.07, 6.45) is 0. The number of aryl methyl sites for hydroxylation is 2. The molecular formula is C15H20ClN3. The van der Waals surface area contributed by atoms with Gasteiger partial charge in [-0.25, -0.2) is 0 Å². The van der Waals surface area contributed by atoms with Crippen LogP contribution in [0, 0.1) is 13.8 Å². The molecule has 0 aliphatic carbocycles. The van der Waals surface area contributed by atoms with Crippen LogP contribution in [0.25, 0.3) is 10.9 Å². The molecule has 0 aliphatic heterocycles. The summed E-state index contributed by atoms with van der Waals surface area (Å²) in [5, 5.41) is 5.14. The Morgan fingerprint density at radius 2 is 1.95 bits per heavy atom. The fourth-order valence-electron chi connectivity index (χ4n) is 2.48. The zero-order valence-electron chi connectivity index (χ0n) is 12.1. The molecule has 1 aromatic carbocycles. The Bertz CT molecular complexity index is 621. The largest absolute Gasteiger partial charge is 0.377 e. The zero-order chi connectivity index (χ0) is 14.2. The molecular weight excluding hydrogens is 258 g/mol. The number of anilines is 1. The SMILES string of the molecule is CNCc1c(C)nc2c(C)c(Cl)ccc2c1N(C)C. The molecule has 0 fully saturated rings. The zero-order valence-corrected chi connectivity index (χ0v) is 12.9. The van der Waals surface area contributed by atoms with Crippen LogP contribution in [0.1, 0.15) is 16.8 Å². The highest BCUT2D eigenvalue weighted by Crippen LogP contribution is 2.34. The molecule has 1 N–H and O–H groups in total. The molecule has 3 nitrogen and oxygen atoms in total. The number of hydrogen-bond donors (Lipinski definition) is 1. The molecule has 0 spiro atoms. The lowest BCUT2D eigenvalue weighted by Gasteiger charge is -2.22. The molecule has 0 atom stereocenters. The van der Waals surface area contributed by atoms with Crippen LogP contribution < -0.4 is 10.2 Å². The minimum absolute atomic E-state index is 0.769. The fraction of sp³-hybridized carbons (Fsp3) is 0.400. The van der Waals surface area contributed by atoms with Gasteiger partial charge in [-0.1, -0.05) is 11.6 Å². The summed E-state index contributed by atoms with van der Waals surface area (Å²) in [5.41, 5.74) is 5.55. The van der Waals surface area contributed by atoms with Crippen molar-refractivity contribution >= 4 is 28.2 Å². The Labute approximate surface area is 119 Å². The predicted molar refractivity (Wildman–Crippen MR) is 83.3 cm³/mol. The molecule has 0 unspecified atom stereocenters. The van der Waals surface area contributed by atoms with Crippen molar-refractivity contribution in [3.63, 3.8) is 0 Å². The van der Waals surface area contributed by atoms with Crippen molar-refractivity contribution in [2.24, 2.45) is 0 Å². The Balaban J connectivity index is 2.88. The van der Waals surface area contributed by atoms with Crippen LogP contribution in [0.3, 0.4) is 0 Å². The first-order chi connectivity index (χ1) is 8.97. The maximum atomic E-state index is 6.21. The minimum atomic E-state index is 0.769. The van der Waals surface area contributed by atoms with E-state index in [0.29, 0.717) is 0 Å². The van der Waals surface area contributed by atoms with Gasteiger partial charge in [0.05, 0.1) is 11.2 Å². The second-order valence-corrected chi connectivity index (χ2v) is 5.42. The topological polar surface area (TPSA) is 28.2 Å². The number of benzene rings is 1. The van der Waals surface area contributed by atoms with Gasteiger partial charge < -0.3 is 10.2 Å². The predicted octanol–water partition coefficient (Wildman–Crippen LogP) is 3.29. The van der Waals surface area contributed by atoms with E-state index in [9.17, 15) is 0 Å². The summed E-state index contributed by atoms with van der Waals surface area (Å²) < 4.78 is 0. The van der Waals surface area contributed by atoms with Crippen LogP contribution in [0.4, 0.5) is 5.69 Å². The maximum absolute atomic E-state index is 6.21. The molecule has 102 valence electrons. The van der Waals surface area contributed by atoms with Crippen molar-refractivity contribution < 1.29 is 0 Å². The van der Waals surface area contributed by atoms with Gasteiger partial charge in [-0.15, -0.1) is 0 Å². The average Bonchev–Trinajstić information content (AvgIpc) is 2.35. The van der Waals surface area contributed by atoms with Crippen molar-refractivity contribution in [3.05, 3.63) is 34.0 Å². The van der Waals surface area contributed by atoms with E-state index in [1.807, 2.05) is 20.0 Å². The van der Waals surface area contributed by atoms with Crippen molar-refractivity contribution in [2.75, 3.05) is 26.0 Å². The molecule has 0 saturated heterocycles. The fourth-order valence-corrected chi connectivity index (χ4v) is 2.63. The Hall–Kier alpha value is -1.32. The Kier molecular flexibility index (Phi) is 3.97. The van der Waals surface area contributed by atoms with Crippen LogP contribution in [-0.4, -0.2) is 26.1 Å². The van der Waals surface area contributed by atoms with E-state index >= 15 is 0 Å².